The number of carbonyl (C=O) groups is 1. The zero-order valence-electron chi connectivity index (χ0n) is 33.5. The van der Waals surface area contributed by atoms with Crippen molar-refractivity contribution in [3.63, 3.8) is 0 Å². The second kappa shape index (κ2) is 15.3. The van der Waals surface area contributed by atoms with Gasteiger partial charge in [0.25, 0.3) is 11.5 Å². The first-order valence-electron chi connectivity index (χ1n) is 19.2. The lowest BCUT2D eigenvalue weighted by Crippen LogP contribution is -2.54. The van der Waals surface area contributed by atoms with Gasteiger partial charge in [0.2, 0.25) is 0 Å². The maximum absolute atomic E-state index is 13.8. The lowest BCUT2D eigenvalue weighted by atomic mass is 9.83. The molecule has 54 heavy (non-hydrogen) atoms. The van der Waals surface area contributed by atoms with Crippen LogP contribution in [0.2, 0.25) is 0 Å². The van der Waals surface area contributed by atoms with Crippen molar-refractivity contribution in [2.24, 2.45) is 18.4 Å². The van der Waals surface area contributed by atoms with Crippen LogP contribution in [0.3, 0.4) is 0 Å². The van der Waals surface area contributed by atoms with Crippen LogP contribution in [0.1, 0.15) is 80.0 Å². The molecule has 1 unspecified atom stereocenters. The Morgan fingerprint density at radius 3 is 2.35 bits per heavy atom. The van der Waals surface area contributed by atoms with E-state index in [1.54, 1.807) is 39.7 Å². The van der Waals surface area contributed by atoms with E-state index in [2.05, 4.69) is 60.0 Å². The third kappa shape index (κ3) is 7.45. The van der Waals surface area contributed by atoms with Gasteiger partial charge in [0.1, 0.15) is 23.1 Å². The van der Waals surface area contributed by atoms with Crippen molar-refractivity contribution in [3.8, 4) is 28.7 Å². The van der Waals surface area contributed by atoms with Crippen molar-refractivity contribution in [2.75, 3.05) is 47.1 Å². The van der Waals surface area contributed by atoms with E-state index in [0.717, 1.165) is 83.9 Å². The number of nitriles is 1. The summed E-state index contributed by atoms with van der Waals surface area (Å²) in [6.07, 6.45) is 6.38. The molecule has 2 fully saturated rings. The number of hydrogen-bond acceptors (Lipinski definition) is 7. The average molecular weight is 738 g/mol. The molecule has 1 saturated carbocycles. The van der Waals surface area contributed by atoms with Crippen molar-refractivity contribution in [1.29, 1.82) is 5.26 Å². The van der Waals surface area contributed by atoms with Crippen LogP contribution >= 0.6 is 0 Å². The van der Waals surface area contributed by atoms with Gasteiger partial charge in [0, 0.05) is 74.6 Å². The highest BCUT2D eigenvalue weighted by Gasteiger charge is 2.51. The first-order chi connectivity index (χ1) is 25.7. The molecule has 1 saturated heterocycles. The number of fused-ring (bicyclic) bond motifs is 1. The third-order valence-electron chi connectivity index (χ3n) is 12.0. The number of benzene rings is 2. The number of alkyl halides is 1. The quantitative estimate of drug-likeness (QED) is 0.154. The molecule has 1 amide bonds. The second-order valence-corrected chi connectivity index (χ2v) is 16.6. The summed E-state index contributed by atoms with van der Waals surface area (Å²) in [6.45, 7) is 15.7. The summed E-state index contributed by atoms with van der Waals surface area (Å²) in [4.78, 5) is 33.4. The number of hydrogen-bond donors (Lipinski definition) is 0. The first kappa shape index (κ1) is 39.2. The van der Waals surface area contributed by atoms with Crippen LogP contribution in [0.5, 0.6) is 11.5 Å². The van der Waals surface area contributed by atoms with Crippen LogP contribution in [-0.4, -0.2) is 77.8 Å². The van der Waals surface area contributed by atoms with Crippen LogP contribution in [-0.2, 0) is 31.4 Å². The van der Waals surface area contributed by atoms with E-state index in [9.17, 15) is 19.2 Å². The van der Waals surface area contributed by atoms with Gasteiger partial charge >= 0.3 is 0 Å². The van der Waals surface area contributed by atoms with Gasteiger partial charge < -0.3 is 18.9 Å². The van der Waals surface area contributed by atoms with Crippen LogP contribution < -0.4 is 15.0 Å². The summed E-state index contributed by atoms with van der Waals surface area (Å²) in [5.74, 6) is 1.36. The van der Waals surface area contributed by atoms with E-state index < -0.39 is 12.1 Å². The number of rotatable bonds is 11. The Balaban J connectivity index is 1.21. The van der Waals surface area contributed by atoms with Crippen LogP contribution in [0, 0.1) is 36.5 Å². The topological polar surface area (TPSA) is 91.0 Å². The minimum absolute atomic E-state index is 0.00445. The Morgan fingerprint density at radius 2 is 1.76 bits per heavy atom. The molecular formula is C44H56FN5O4. The molecule has 6 rings (SSSR count). The van der Waals surface area contributed by atoms with E-state index in [1.807, 2.05) is 24.9 Å². The van der Waals surface area contributed by atoms with Crippen LogP contribution in [0.25, 0.3) is 11.1 Å². The monoisotopic (exact) mass is 737 g/mol. The molecule has 288 valence electrons. The maximum Gasteiger partial charge on any atom is 0.264 e. The first-order valence-corrected chi connectivity index (χ1v) is 19.2. The van der Waals surface area contributed by atoms with Gasteiger partial charge in [0.15, 0.2) is 0 Å². The van der Waals surface area contributed by atoms with Gasteiger partial charge in [-0.05, 0) is 79.0 Å². The fourth-order valence-electron chi connectivity index (χ4n) is 8.68. The Morgan fingerprint density at radius 1 is 1.07 bits per heavy atom. The van der Waals surface area contributed by atoms with Crippen LogP contribution in [0.4, 0.5) is 4.39 Å². The second-order valence-electron chi connectivity index (χ2n) is 16.6. The standard InChI is InChI=1S/C44H56FN5O4/c1-28(2)40-35-12-10-11-31(34(35)13-16-50(40)42(52)33(22-46)21-43(5,6)26-45)23-49-18-17-48(27-44(49)14-15-44)25-37-38(53-8)19-32(20-39(37)54-9)36-24-47(7)41(51)30(4)29(36)3/h10-12,19-21,24,28,40H,13-18,23,25-27H2,1-9H3. The summed E-state index contributed by atoms with van der Waals surface area (Å²) < 4.78 is 27.3. The number of aryl methyl sites for hydroxylation is 1. The number of methoxy groups -OCH3 is 2. The van der Waals surface area contributed by atoms with Gasteiger partial charge in [0.05, 0.1) is 32.5 Å². The van der Waals surface area contributed by atoms with Gasteiger partial charge in [-0.25, -0.2) is 0 Å². The Hall–Kier alpha value is -4.46. The lowest BCUT2D eigenvalue weighted by Gasteiger charge is -2.44. The third-order valence-corrected chi connectivity index (χ3v) is 12.0. The van der Waals surface area contributed by atoms with Gasteiger partial charge in [-0.1, -0.05) is 52.0 Å². The van der Waals surface area contributed by atoms with Gasteiger partial charge in [-0.15, -0.1) is 0 Å². The van der Waals surface area contributed by atoms with Crippen molar-refractivity contribution in [3.05, 3.63) is 91.9 Å². The molecule has 1 aliphatic carbocycles. The highest BCUT2D eigenvalue weighted by molar-refractivity contribution is 5.97. The molecule has 1 spiro atoms. The summed E-state index contributed by atoms with van der Waals surface area (Å²) in [7, 11) is 5.19. The number of nitrogens with zero attached hydrogens (tertiary/aromatic N) is 5. The predicted octanol–water partition coefficient (Wildman–Crippen LogP) is 7.06. The minimum Gasteiger partial charge on any atom is -0.496 e. The van der Waals surface area contributed by atoms with E-state index in [1.165, 1.54) is 17.2 Å². The predicted molar refractivity (Wildman–Crippen MR) is 210 cm³/mol. The van der Waals surface area contributed by atoms with Crippen molar-refractivity contribution < 1.29 is 18.7 Å². The fourth-order valence-corrected chi connectivity index (χ4v) is 8.68. The molecule has 3 aromatic rings. The zero-order valence-corrected chi connectivity index (χ0v) is 33.5. The highest BCUT2D eigenvalue weighted by Crippen LogP contribution is 2.47. The molecule has 9 nitrogen and oxygen atoms in total. The van der Waals surface area contributed by atoms with Gasteiger partial charge in [-0.3, -0.25) is 23.8 Å². The minimum atomic E-state index is -0.884. The molecule has 0 N–H and O–H groups in total. The summed E-state index contributed by atoms with van der Waals surface area (Å²) in [5.41, 5.74) is 7.64. The SMILES string of the molecule is COc1cc(-c2cn(C)c(=O)c(C)c2C)cc(OC)c1CN1CCN(Cc2cccc3c2CCN(C(=O)C(C#N)=CC(C)(C)CF)C3C(C)C)C2(CC2)C1. The van der Waals surface area contributed by atoms with E-state index >= 15 is 0 Å². The van der Waals surface area contributed by atoms with Crippen LogP contribution in [0.15, 0.2) is 53.0 Å². The Kier molecular flexibility index (Phi) is 11.2. The Labute approximate surface area is 320 Å². The number of carbonyl (C=O) groups excluding carboxylic acids is 1. The Bertz CT molecular complexity index is 2030. The molecule has 0 radical (unpaired) electrons. The summed E-state index contributed by atoms with van der Waals surface area (Å²) in [6, 6.07) is 12.5. The maximum atomic E-state index is 13.8. The smallest absolute Gasteiger partial charge is 0.264 e. The largest absolute Gasteiger partial charge is 0.496 e. The molecule has 0 bridgehead atoms. The van der Waals surface area contributed by atoms with Crippen molar-refractivity contribution in [2.45, 2.75) is 85.5 Å². The highest BCUT2D eigenvalue weighted by atomic mass is 19.1. The van der Waals surface area contributed by atoms with Crippen molar-refractivity contribution >= 4 is 5.91 Å². The number of halogens is 1. The normalized spacial score (nSPS) is 18.8. The average Bonchev–Trinajstić information content (AvgIpc) is 3.93. The number of piperazine rings is 1. The van der Waals surface area contributed by atoms with E-state index in [-0.39, 0.29) is 34.5 Å². The van der Waals surface area contributed by atoms with Crippen molar-refractivity contribution in [1.82, 2.24) is 19.3 Å². The fraction of sp³-hybridized carbons (Fsp3) is 0.523. The molecule has 2 aliphatic heterocycles. The molecule has 3 heterocycles. The molecule has 3 aliphatic rings. The molecular weight excluding hydrogens is 682 g/mol. The molecule has 1 atom stereocenters. The molecule has 2 aromatic carbocycles. The summed E-state index contributed by atoms with van der Waals surface area (Å²) >= 11 is 0. The molecule has 10 heteroatoms. The van der Waals surface area contributed by atoms with Gasteiger partial charge in [-0.2, -0.15) is 5.26 Å². The van der Waals surface area contributed by atoms with E-state index in [0.29, 0.717) is 19.5 Å². The zero-order chi connectivity index (χ0) is 39.1. The summed E-state index contributed by atoms with van der Waals surface area (Å²) in [5, 5.41) is 9.91. The number of allylic oxidation sites excluding steroid dienone is 1. The lowest BCUT2D eigenvalue weighted by molar-refractivity contribution is -0.130. The number of aromatic nitrogens is 1. The van der Waals surface area contributed by atoms with E-state index in [4.69, 9.17) is 9.47 Å². The number of amides is 1. The number of ether oxygens (including phenoxy) is 2. The molecule has 1 aromatic heterocycles. The number of pyridine rings is 1.